The van der Waals surface area contributed by atoms with Crippen molar-refractivity contribution < 1.29 is 14.8 Å². The van der Waals surface area contributed by atoms with Crippen molar-refractivity contribution in [3.63, 3.8) is 0 Å². The van der Waals surface area contributed by atoms with Gasteiger partial charge in [0.2, 0.25) is 5.91 Å². The zero-order valence-corrected chi connectivity index (χ0v) is 15.8. The Labute approximate surface area is 164 Å². The fourth-order valence-electron chi connectivity index (χ4n) is 3.61. The van der Waals surface area contributed by atoms with E-state index in [1.807, 2.05) is 30.3 Å². The summed E-state index contributed by atoms with van der Waals surface area (Å²) < 4.78 is 0. The average Bonchev–Trinajstić information content (AvgIpc) is 3.12. The highest BCUT2D eigenvalue weighted by Crippen LogP contribution is 2.27. The first kappa shape index (κ1) is 20.0. The molecule has 0 spiro atoms. The molecule has 0 bridgehead atoms. The predicted octanol–water partition coefficient (Wildman–Crippen LogP) is 2.62. The number of aliphatic hydroxyl groups is 1. The number of aliphatic hydroxyl groups excluding tert-OH is 1. The Balaban J connectivity index is 1.78. The van der Waals surface area contributed by atoms with Crippen LogP contribution in [0.15, 0.2) is 54.6 Å². The van der Waals surface area contributed by atoms with Gasteiger partial charge >= 0.3 is 0 Å². The second-order valence-corrected chi connectivity index (χ2v) is 7.21. The number of nitro benzene ring substituents is 1. The summed E-state index contributed by atoms with van der Waals surface area (Å²) >= 11 is 0. The van der Waals surface area contributed by atoms with Crippen molar-refractivity contribution >= 4 is 11.6 Å². The number of carbonyl (C=O) groups is 1. The van der Waals surface area contributed by atoms with Crippen LogP contribution in [0.4, 0.5) is 5.69 Å². The number of β-amino-alcohol motifs (C(OH)–C–C–N with tert-alkyl or cyclic N) is 1. The summed E-state index contributed by atoms with van der Waals surface area (Å²) in [6.07, 6.45) is 0.389. The second kappa shape index (κ2) is 8.95. The molecule has 148 valence electrons. The van der Waals surface area contributed by atoms with E-state index < -0.39 is 10.8 Å². The van der Waals surface area contributed by atoms with E-state index in [0.29, 0.717) is 18.7 Å². The van der Waals surface area contributed by atoms with Gasteiger partial charge < -0.3 is 10.4 Å². The number of rotatable bonds is 7. The van der Waals surface area contributed by atoms with Crippen LogP contribution in [0, 0.1) is 10.1 Å². The standard InChI is InChI=1S/C21H25N3O4/c1-15(18-9-5-6-10-20(18)24(27)28)21(26)22-19(16-7-3-2-4-8-16)14-23-12-11-17(25)13-23/h2-10,15,17,19,25H,11-14H2,1H3,(H,22,26). The third kappa shape index (κ3) is 4.74. The molecule has 0 radical (unpaired) electrons. The third-order valence-corrected chi connectivity index (χ3v) is 5.20. The molecule has 0 aromatic heterocycles. The molecule has 1 heterocycles. The van der Waals surface area contributed by atoms with Crippen LogP contribution < -0.4 is 5.32 Å². The molecule has 2 N–H and O–H groups in total. The maximum Gasteiger partial charge on any atom is 0.273 e. The van der Waals surface area contributed by atoms with Gasteiger partial charge in [-0.2, -0.15) is 0 Å². The number of nitro groups is 1. The van der Waals surface area contributed by atoms with E-state index in [-0.39, 0.29) is 23.7 Å². The Morgan fingerprint density at radius 3 is 2.57 bits per heavy atom. The summed E-state index contributed by atoms with van der Waals surface area (Å²) in [5.74, 6) is -0.917. The summed E-state index contributed by atoms with van der Waals surface area (Å²) in [4.78, 5) is 25.9. The van der Waals surface area contributed by atoms with Gasteiger partial charge in [0.15, 0.2) is 0 Å². The van der Waals surface area contributed by atoms with Crippen molar-refractivity contribution in [3.05, 3.63) is 75.8 Å². The highest BCUT2D eigenvalue weighted by molar-refractivity contribution is 5.84. The normalized spacial score (nSPS) is 19.1. The van der Waals surface area contributed by atoms with Gasteiger partial charge in [0, 0.05) is 31.3 Å². The molecule has 7 heteroatoms. The fourth-order valence-corrected chi connectivity index (χ4v) is 3.61. The molecule has 7 nitrogen and oxygen atoms in total. The van der Waals surface area contributed by atoms with Crippen LogP contribution in [0.5, 0.6) is 0 Å². The maximum atomic E-state index is 12.9. The Kier molecular flexibility index (Phi) is 6.38. The number of nitrogens with zero attached hydrogens (tertiary/aromatic N) is 2. The summed E-state index contributed by atoms with van der Waals surface area (Å²) in [6, 6.07) is 15.7. The summed E-state index contributed by atoms with van der Waals surface area (Å²) in [5, 5.41) is 24.1. The second-order valence-electron chi connectivity index (χ2n) is 7.21. The fraction of sp³-hybridized carbons (Fsp3) is 0.381. The van der Waals surface area contributed by atoms with Gasteiger partial charge in [0.25, 0.3) is 5.69 Å². The highest BCUT2D eigenvalue weighted by atomic mass is 16.6. The van der Waals surface area contributed by atoms with E-state index >= 15 is 0 Å². The Morgan fingerprint density at radius 1 is 1.25 bits per heavy atom. The number of hydrogen-bond acceptors (Lipinski definition) is 5. The lowest BCUT2D eigenvalue weighted by Crippen LogP contribution is -2.39. The zero-order valence-electron chi connectivity index (χ0n) is 15.8. The van der Waals surface area contributed by atoms with Crippen LogP contribution in [0.3, 0.4) is 0 Å². The zero-order chi connectivity index (χ0) is 20.1. The van der Waals surface area contributed by atoms with E-state index in [4.69, 9.17) is 0 Å². The summed E-state index contributed by atoms with van der Waals surface area (Å²) in [7, 11) is 0. The van der Waals surface area contributed by atoms with Crippen LogP contribution >= 0.6 is 0 Å². The molecule has 1 fully saturated rings. The molecule has 28 heavy (non-hydrogen) atoms. The van der Waals surface area contributed by atoms with Gasteiger partial charge in [0.05, 0.1) is 23.0 Å². The topological polar surface area (TPSA) is 95.7 Å². The number of amides is 1. The summed E-state index contributed by atoms with van der Waals surface area (Å²) in [5.41, 5.74) is 1.31. The van der Waals surface area contributed by atoms with Crippen LogP contribution in [0.25, 0.3) is 0 Å². The van der Waals surface area contributed by atoms with E-state index in [2.05, 4.69) is 10.2 Å². The first-order chi connectivity index (χ1) is 13.5. The molecule has 3 unspecified atom stereocenters. The summed E-state index contributed by atoms with van der Waals surface area (Å²) in [6.45, 7) is 3.62. The molecule has 1 saturated heterocycles. The molecule has 3 atom stereocenters. The van der Waals surface area contributed by atoms with Crippen molar-refractivity contribution in [2.45, 2.75) is 31.4 Å². The maximum absolute atomic E-state index is 12.9. The Bertz CT molecular complexity index is 827. The molecule has 3 rings (SSSR count). The van der Waals surface area contributed by atoms with Crippen molar-refractivity contribution in [1.29, 1.82) is 0 Å². The molecule has 2 aromatic rings. The number of benzene rings is 2. The van der Waals surface area contributed by atoms with Gasteiger partial charge in [-0.15, -0.1) is 0 Å². The number of likely N-dealkylation sites (tertiary alicyclic amines) is 1. The quantitative estimate of drug-likeness (QED) is 0.566. The lowest BCUT2D eigenvalue weighted by Gasteiger charge is -2.26. The van der Waals surface area contributed by atoms with E-state index in [1.54, 1.807) is 25.1 Å². The van der Waals surface area contributed by atoms with Gasteiger partial charge in [-0.1, -0.05) is 48.5 Å². The minimum absolute atomic E-state index is 0.0518. The van der Waals surface area contributed by atoms with Crippen molar-refractivity contribution in [2.75, 3.05) is 19.6 Å². The van der Waals surface area contributed by atoms with Crippen molar-refractivity contribution in [3.8, 4) is 0 Å². The molecule has 1 aliphatic heterocycles. The smallest absolute Gasteiger partial charge is 0.273 e. The molecule has 1 aliphatic rings. The van der Waals surface area contributed by atoms with Gasteiger partial charge in [-0.3, -0.25) is 19.8 Å². The predicted molar refractivity (Wildman–Crippen MR) is 106 cm³/mol. The lowest BCUT2D eigenvalue weighted by molar-refractivity contribution is -0.385. The lowest BCUT2D eigenvalue weighted by atomic mass is 9.97. The number of carbonyl (C=O) groups excluding carboxylic acids is 1. The molecule has 0 saturated carbocycles. The molecular formula is C21H25N3O4. The third-order valence-electron chi connectivity index (χ3n) is 5.20. The SMILES string of the molecule is CC(C(=O)NC(CN1CCC(O)C1)c1ccccc1)c1ccccc1[N+](=O)[O-]. The average molecular weight is 383 g/mol. The van der Waals surface area contributed by atoms with E-state index in [1.165, 1.54) is 6.07 Å². The highest BCUT2D eigenvalue weighted by Gasteiger charge is 2.28. The monoisotopic (exact) mass is 383 g/mol. The van der Waals surface area contributed by atoms with Gasteiger partial charge in [0.1, 0.15) is 0 Å². The van der Waals surface area contributed by atoms with Gasteiger partial charge in [-0.05, 0) is 18.9 Å². The minimum atomic E-state index is -0.656. The Hall–Kier alpha value is -2.77. The van der Waals surface area contributed by atoms with Crippen molar-refractivity contribution in [1.82, 2.24) is 10.2 Å². The van der Waals surface area contributed by atoms with E-state index in [9.17, 15) is 20.0 Å². The van der Waals surface area contributed by atoms with Crippen LogP contribution in [-0.2, 0) is 4.79 Å². The molecular weight excluding hydrogens is 358 g/mol. The molecule has 2 aromatic carbocycles. The number of hydrogen-bond donors (Lipinski definition) is 2. The number of nitrogens with one attached hydrogen (secondary N) is 1. The van der Waals surface area contributed by atoms with Gasteiger partial charge in [-0.25, -0.2) is 0 Å². The first-order valence-electron chi connectivity index (χ1n) is 9.44. The van der Waals surface area contributed by atoms with E-state index in [0.717, 1.165) is 18.5 Å². The van der Waals surface area contributed by atoms with Crippen LogP contribution in [-0.4, -0.2) is 46.6 Å². The molecule has 0 aliphatic carbocycles. The largest absolute Gasteiger partial charge is 0.392 e. The Morgan fingerprint density at radius 2 is 1.93 bits per heavy atom. The van der Waals surface area contributed by atoms with Crippen molar-refractivity contribution in [2.24, 2.45) is 0 Å². The van der Waals surface area contributed by atoms with Crippen LogP contribution in [0.2, 0.25) is 0 Å². The van der Waals surface area contributed by atoms with Crippen LogP contribution in [0.1, 0.15) is 36.4 Å². The minimum Gasteiger partial charge on any atom is -0.392 e. The first-order valence-corrected chi connectivity index (χ1v) is 9.44. The molecule has 1 amide bonds. The number of para-hydroxylation sites is 1.